The summed E-state index contributed by atoms with van der Waals surface area (Å²) in [6.45, 7) is 3.10. The molecule has 1 aliphatic rings. The standard InChI is InChI=1S/C22H20F3N3O5/c1-2-32-21(30)19-20(29)18-15(16-12-31-11-10-26-16)4-3-5-17(18)28(27-19)13-6-8-14(9-7-13)33-22(23,24)25/h3-9,16,26H,2,10-12H2,1H3. The Bertz CT molecular complexity index is 1220. The molecule has 0 amide bonds. The van der Waals surface area contributed by atoms with Gasteiger partial charge < -0.3 is 19.5 Å². The van der Waals surface area contributed by atoms with E-state index in [9.17, 15) is 22.8 Å². The van der Waals surface area contributed by atoms with Gasteiger partial charge in [-0.25, -0.2) is 9.48 Å². The molecule has 3 aromatic rings. The lowest BCUT2D eigenvalue weighted by Crippen LogP contribution is -2.35. The van der Waals surface area contributed by atoms with Crippen LogP contribution in [0.4, 0.5) is 13.2 Å². The zero-order valence-corrected chi connectivity index (χ0v) is 17.5. The minimum absolute atomic E-state index is 0.0428. The number of hydrogen-bond donors (Lipinski definition) is 1. The van der Waals surface area contributed by atoms with Gasteiger partial charge in [-0.15, -0.1) is 13.2 Å². The van der Waals surface area contributed by atoms with Gasteiger partial charge in [-0.05, 0) is 42.8 Å². The van der Waals surface area contributed by atoms with Gasteiger partial charge in [-0.1, -0.05) is 12.1 Å². The van der Waals surface area contributed by atoms with E-state index in [1.807, 2.05) is 0 Å². The van der Waals surface area contributed by atoms with Gasteiger partial charge in [0.05, 0.1) is 42.5 Å². The number of carbonyl (C=O) groups is 1. The van der Waals surface area contributed by atoms with Crippen molar-refractivity contribution in [1.29, 1.82) is 0 Å². The van der Waals surface area contributed by atoms with Crippen LogP contribution in [-0.2, 0) is 9.47 Å². The van der Waals surface area contributed by atoms with Crippen LogP contribution in [0.2, 0.25) is 0 Å². The predicted molar refractivity (Wildman–Crippen MR) is 112 cm³/mol. The number of ether oxygens (including phenoxy) is 3. The van der Waals surface area contributed by atoms with E-state index in [4.69, 9.17) is 9.47 Å². The van der Waals surface area contributed by atoms with Crippen molar-refractivity contribution in [2.45, 2.75) is 19.3 Å². The highest BCUT2D eigenvalue weighted by molar-refractivity contribution is 5.93. The van der Waals surface area contributed by atoms with Crippen LogP contribution >= 0.6 is 0 Å². The first kappa shape index (κ1) is 22.7. The van der Waals surface area contributed by atoms with E-state index >= 15 is 0 Å². The molecule has 1 aliphatic heterocycles. The molecule has 1 aromatic heterocycles. The number of halogens is 3. The number of nitrogens with one attached hydrogen (secondary N) is 1. The first-order valence-electron chi connectivity index (χ1n) is 10.2. The summed E-state index contributed by atoms with van der Waals surface area (Å²) in [6.07, 6.45) is -4.83. The molecule has 2 heterocycles. The molecule has 0 aliphatic carbocycles. The van der Waals surface area contributed by atoms with E-state index in [0.717, 1.165) is 12.1 Å². The summed E-state index contributed by atoms with van der Waals surface area (Å²) in [5.74, 6) is -1.30. The molecule has 4 rings (SSSR count). The molecular weight excluding hydrogens is 443 g/mol. The molecule has 1 atom stereocenters. The summed E-state index contributed by atoms with van der Waals surface area (Å²) in [5, 5.41) is 7.72. The summed E-state index contributed by atoms with van der Waals surface area (Å²) in [4.78, 5) is 25.8. The van der Waals surface area contributed by atoms with Crippen LogP contribution in [0, 0.1) is 0 Å². The maximum Gasteiger partial charge on any atom is 0.573 e. The molecule has 1 fully saturated rings. The molecule has 0 saturated carbocycles. The highest BCUT2D eigenvalue weighted by Gasteiger charge is 2.31. The van der Waals surface area contributed by atoms with E-state index in [-0.39, 0.29) is 18.0 Å². The van der Waals surface area contributed by atoms with Crippen LogP contribution in [0.1, 0.15) is 29.0 Å². The van der Waals surface area contributed by atoms with Gasteiger partial charge in [0.2, 0.25) is 11.1 Å². The van der Waals surface area contributed by atoms with Gasteiger partial charge in [0, 0.05) is 6.54 Å². The molecule has 33 heavy (non-hydrogen) atoms. The second-order valence-electron chi connectivity index (χ2n) is 7.17. The first-order chi connectivity index (χ1) is 15.8. The monoisotopic (exact) mass is 463 g/mol. The largest absolute Gasteiger partial charge is 0.573 e. The fourth-order valence-corrected chi connectivity index (χ4v) is 3.67. The number of rotatable bonds is 5. The van der Waals surface area contributed by atoms with Crippen molar-refractivity contribution in [2.24, 2.45) is 0 Å². The van der Waals surface area contributed by atoms with Crippen molar-refractivity contribution in [3.05, 3.63) is 63.9 Å². The number of carbonyl (C=O) groups excluding carboxylic acids is 1. The van der Waals surface area contributed by atoms with Gasteiger partial charge in [0.1, 0.15) is 5.75 Å². The lowest BCUT2D eigenvalue weighted by atomic mass is 10.00. The third-order valence-corrected chi connectivity index (χ3v) is 5.03. The number of nitrogens with zero attached hydrogens (tertiary/aromatic N) is 2. The maximum absolute atomic E-state index is 13.3. The Kier molecular flexibility index (Phi) is 6.34. The number of benzene rings is 2. The molecule has 1 N–H and O–H groups in total. The van der Waals surface area contributed by atoms with Crippen molar-refractivity contribution >= 4 is 16.9 Å². The van der Waals surface area contributed by atoms with Crippen LogP contribution < -0.4 is 15.5 Å². The summed E-state index contributed by atoms with van der Waals surface area (Å²) in [5.41, 5.74) is 0.298. The number of aromatic nitrogens is 2. The minimum Gasteiger partial charge on any atom is -0.461 e. The number of hydrogen-bond acceptors (Lipinski definition) is 7. The van der Waals surface area contributed by atoms with Gasteiger partial charge in [-0.3, -0.25) is 4.79 Å². The second-order valence-corrected chi connectivity index (χ2v) is 7.17. The SMILES string of the molecule is CCOC(=O)c1nn(-c2ccc(OC(F)(F)F)cc2)c2cccc(C3COCCN3)c2c1=O. The smallest absolute Gasteiger partial charge is 0.461 e. The zero-order chi connectivity index (χ0) is 23.6. The topological polar surface area (TPSA) is 91.7 Å². The minimum atomic E-state index is -4.83. The molecular formula is C22H20F3N3O5. The highest BCUT2D eigenvalue weighted by atomic mass is 19.4. The molecule has 0 radical (unpaired) electrons. The summed E-state index contributed by atoms with van der Waals surface area (Å²) in [7, 11) is 0. The Labute approximate surface area is 185 Å². The van der Waals surface area contributed by atoms with Crippen LogP contribution in [-0.4, -0.2) is 48.5 Å². The van der Waals surface area contributed by atoms with E-state index in [2.05, 4.69) is 15.2 Å². The first-order valence-corrected chi connectivity index (χ1v) is 10.2. The molecule has 1 unspecified atom stereocenters. The quantitative estimate of drug-likeness (QED) is 0.582. The summed E-state index contributed by atoms with van der Waals surface area (Å²) < 4.78 is 53.3. The van der Waals surface area contributed by atoms with Crippen LogP contribution in [0.5, 0.6) is 5.75 Å². The average molecular weight is 463 g/mol. The molecule has 0 bridgehead atoms. The molecule has 0 spiro atoms. The predicted octanol–water partition coefficient (Wildman–Crippen LogP) is 3.12. The van der Waals surface area contributed by atoms with E-state index in [0.29, 0.717) is 36.5 Å². The van der Waals surface area contributed by atoms with Crippen LogP contribution in [0.15, 0.2) is 47.3 Å². The number of morpholine rings is 1. The van der Waals surface area contributed by atoms with Gasteiger partial charge in [-0.2, -0.15) is 5.10 Å². The Hall–Kier alpha value is -3.44. The molecule has 174 valence electrons. The molecule has 8 nitrogen and oxygen atoms in total. The number of esters is 1. The van der Waals surface area contributed by atoms with E-state index in [1.54, 1.807) is 25.1 Å². The van der Waals surface area contributed by atoms with E-state index < -0.39 is 29.2 Å². The van der Waals surface area contributed by atoms with Crippen molar-refractivity contribution < 1.29 is 32.2 Å². The lowest BCUT2D eigenvalue weighted by molar-refractivity contribution is -0.274. The Balaban J connectivity index is 1.91. The van der Waals surface area contributed by atoms with E-state index in [1.165, 1.54) is 16.8 Å². The maximum atomic E-state index is 13.3. The third kappa shape index (κ3) is 4.83. The number of alkyl halides is 3. The highest BCUT2D eigenvalue weighted by Crippen LogP contribution is 2.27. The summed E-state index contributed by atoms with van der Waals surface area (Å²) in [6, 6.07) is 9.79. The van der Waals surface area contributed by atoms with Gasteiger partial charge >= 0.3 is 12.3 Å². The Morgan fingerprint density at radius 2 is 2.00 bits per heavy atom. The molecule has 11 heteroatoms. The fourth-order valence-electron chi connectivity index (χ4n) is 3.67. The second kappa shape index (κ2) is 9.20. The van der Waals surface area contributed by atoms with Crippen LogP contribution in [0.25, 0.3) is 16.6 Å². The van der Waals surface area contributed by atoms with Crippen molar-refractivity contribution in [2.75, 3.05) is 26.4 Å². The Morgan fingerprint density at radius 3 is 2.64 bits per heavy atom. The zero-order valence-electron chi connectivity index (χ0n) is 17.5. The molecule has 1 saturated heterocycles. The van der Waals surface area contributed by atoms with Gasteiger partial charge in [0.15, 0.2) is 0 Å². The van der Waals surface area contributed by atoms with Gasteiger partial charge in [0.25, 0.3) is 0 Å². The summed E-state index contributed by atoms with van der Waals surface area (Å²) >= 11 is 0. The van der Waals surface area contributed by atoms with Crippen molar-refractivity contribution in [1.82, 2.24) is 15.1 Å². The molecule has 2 aromatic carbocycles. The fraction of sp³-hybridized carbons (Fsp3) is 0.318. The number of fused-ring (bicyclic) bond motifs is 1. The third-order valence-electron chi connectivity index (χ3n) is 5.03. The van der Waals surface area contributed by atoms with Crippen molar-refractivity contribution in [3.8, 4) is 11.4 Å². The van der Waals surface area contributed by atoms with Crippen molar-refractivity contribution in [3.63, 3.8) is 0 Å². The average Bonchev–Trinajstić information content (AvgIpc) is 2.79. The Morgan fingerprint density at radius 1 is 1.24 bits per heavy atom. The van der Waals surface area contributed by atoms with Crippen LogP contribution in [0.3, 0.4) is 0 Å². The lowest BCUT2D eigenvalue weighted by Gasteiger charge is -2.25. The normalized spacial score (nSPS) is 16.5.